The predicted octanol–water partition coefficient (Wildman–Crippen LogP) is 3.39. The minimum atomic E-state index is 0.463. The number of ether oxygens (including phenoxy) is 1. The summed E-state index contributed by atoms with van der Waals surface area (Å²) in [6, 6.07) is 4.18. The zero-order valence-corrected chi connectivity index (χ0v) is 12.0. The highest BCUT2D eigenvalue weighted by molar-refractivity contribution is 5.49. The van der Waals surface area contributed by atoms with E-state index in [4.69, 9.17) is 10.5 Å². The lowest BCUT2D eigenvalue weighted by molar-refractivity contribution is 0.449. The van der Waals surface area contributed by atoms with Gasteiger partial charge in [0.2, 0.25) is 5.88 Å². The van der Waals surface area contributed by atoms with Gasteiger partial charge in [0.25, 0.3) is 0 Å². The molecule has 0 saturated carbocycles. The Morgan fingerprint density at radius 3 is 2.11 bits per heavy atom. The topological polar surface area (TPSA) is 61.0 Å². The average Bonchev–Trinajstić information content (AvgIpc) is 2.29. The number of aromatic nitrogens is 2. The molecule has 4 heteroatoms. The molecule has 1 aromatic carbocycles. The van der Waals surface area contributed by atoms with E-state index >= 15 is 0 Å². The molecule has 1 heterocycles. The molecule has 0 fully saturated rings. The molecule has 4 nitrogen and oxygen atoms in total. The number of nitrogen functional groups attached to an aromatic ring is 1. The van der Waals surface area contributed by atoms with Crippen molar-refractivity contribution in [3.63, 3.8) is 0 Å². The first-order chi connectivity index (χ1) is 8.88. The van der Waals surface area contributed by atoms with E-state index in [2.05, 4.69) is 29.0 Å². The lowest BCUT2D eigenvalue weighted by Crippen LogP contribution is -2.03. The van der Waals surface area contributed by atoms with E-state index in [1.54, 1.807) is 6.92 Å². The van der Waals surface area contributed by atoms with Crippen molar-refractivity contribution < 1.29 is 4.74 Å². The fourth-order valence-corrected chi connectivity index (χ4v) is 2.15. The Morgan fingerprint density at radius 2 is 1.53 bits per heavy atom. The molecule has 0 spiro atoms. The molecule has 0 aliphatic rings. The molecule has 0 amide bonds. The number of benzene rings is 1. The van der Waals surface area contributed by atoms with E-state index < -0.39 is 0 Å². The third kappa shape index (κ3) is 2.67. The first-order valence-electron chi connectivity index (χ1n) is 6.25. The van der Waals surface area contributed by atoms with Crippen molar-refractivity contribution in [1.29, 1.82) is 0 Å². The zero-order chi connectivity index (χ0) is 14.2. The van der Waals surface area contributed by atoms with E-state index in [0.717, 1.165) is 22.4 Å². The maximum atomic E-state index is 5.96. The molecule has 2 N–H and O–H groups in total. The third-order valence-corrected chi connectivity index (χ3v) is 3.05. The normalized spacial score (nSPS) is 10.6. The monoisotopic (exact) mass is 257 g/mol. The molecule has 100 valence electrons. The van der Waals surface area contributed by atoms with Gasteiger partial charge >= 0.3 is 0 Å². The van der Waals surface area contributed by atoms with Crippen LogP contribution in [0.3, 0.4) is 0 Å². The molecule has 0 radical (unpaired) electrons. The molecule has 0 aliphatic heterocycles. The standard InChI is InChI=1S/C15H19N3O/c1-8-6-9(2)13(10(3)7-8)19-15-11(4)14(16)17-12(5)18-15/h6-7H,1-5H3,(H2,16,17,18). The van der Waals surface area contributed by atoms with Crippen LogP contribution in [-0.2, 0) is 0 Å². The van der Waals surface area contributed by atoms with Crippen LogP contribution in [0, 0.1) is 34.6 Å². The van der Waals surface area contributed by atoms with Crippen LogP contribution in [0.2, 0.25) is 0 Å². The Labute approximate surface area is 113 Å². The van der Waals surface area contributed by atoms with Gasteiger partial charge in [-0.1, -0.05) is 17.7 Å². The number of hydrogen-bond donors (Lipinski definition) is 1. The molecule has 2 rings (SSSR count). The highest BCUT2D eigenvalue weighted by Crippen LogP contribution is 2.31. The van der Waals surface area contributed by atoms with Gasteiger partial charge in [0.05, 0.1) is 5.56 Å². The molecule has 1 aromatic heterocycles. The van der Waals surface area contributed by atoms with Gasteiger partial charge in [-0.15, -0.1) is 0 Å². The fraction of sp³-hybridized carbons (Fsp3) is 0.333. The summed E-state index contributed by atoms with van der Waals surface area (Å²) in [6.45, 7) is 9.80. The Bertz CT molecular complexity index is 613. The number of anilines is 1. The van der Waals surface area contributed by atoms with Gasteiger partial charge in [0, 0.05) is 0 Å². The average molecular weight is 257 g/mol. The summed E-state index contributed by atoms with van der Waals surface area (Å²) >= 11 is 0. The van der Waals surface area contributed by atoms with Gasteiger partial charge in [-0.25, -0.2) is 4.98 Å². The second-order valence-electron chi connectivity index (χ2n) is 4.92. The first kappa shape index (κ1) is 13.3. The van der Waals surface area contributed by atoms with Crippen molar-refractivity contribution in [1.82, 2.24) is 9.97 Å². The zero-order valence-electron chi connectivity index (χ0n) is 12.0. The SMILES string of the molecule is Cc1cc(C)c(Oc2nc(C)nc(N)c2C)c(C)c1. The minimum Gasteiger partial charge on any atom is -0.438 e. The molecule has 0 saturated heterocycles. The summed E-state index contributed by atoms with van der Waals surface area (Å²) in [5.41, 5.74) is 10.0. The number of nitrogens with zero attached hydrogens (tertiary/aromatic N) is 2. The van der Waals surface area contributed by atoms with E-state index in [1.807, 2.05) is 20.8 Å². The molecule has 2 aromatic rings. The van der Waals surface area contributed by atoms with Crippen LogP contribution in [0.25, 0.3) is 0 Å². The van der Waals surface area contributed by atoms with Crippen LogP contribution < -0.4 is 10.5 Å². The second kappa shape index (κ2) is 4.88. The van der Waals surface area contributed by atoms with E-state index in [1.165, 1.54) is 5.56 Å². The molecule has 19 heavy (non-hydrogen) atoms. The molecular formula is C15H19N3O. The van der Waals surface area contributed by atoms with E-state index in [-0.39, 0.29) is 0 Å². The lowest BCUT2D eigenvalue weighted by Gasteiger charge is -2.14. The second-order valence-corrected chi connectivity index (χ2v) is 4.92. The maximum Gasteiger partial charge on any atom is 0.227 e. The van der Waals surface area contributed by atoms with Crippen LogP contribution in [0.5, 0.6) is 11.6 Å². The lowest BCUT2D eigenvalue weighted by atomic mass is 10.1. The van der Waals surface area contributed by atoms with Crippen molar-refractivity contribution in [2.75, 3.05) is 5.73 Å². The van der Waals surface area contributed by atoms with Gasteiger partial charge in [0.15, 0.2) is 0 Å². The van der Waals surface area contributed by atoms with E-state index in [9.17, 15) is 0 Å². The highest BCUT2D eigenvalue weighted by atomic mass is 16.5. The predicted molar refractivity (Wildman–Crippen MR) is 76.6 cm³/mol. The van der Waals surface area contributed by atoms with Gasteiger partial charge in [-0.3, -0.25) is 0 Å². The largest absolute Gasteiger partial charge is 0.438 e. The highest BCUT2D eigenvalue weighted by Gasteiger charge is 2.12. The third-order valence-electron chi connectivity index (χ3n) is 3.05. The number of hydrogen-bond acceptors (Lipinski definition) is 4. The summed E-state index contributed by atoms with van der Waals surface area (Å²) in [5.74, 6) is 2.44. The Kier molecular flexibility index (Phi) is 3.42. The first-order valence-corrected chi connectivity index (χ1v) is 6.25. The summed E-state index contributed by atoms with van der Waals surface area (Å²) in [7, 11) is 0. The minimum absolute atomic E-state index is 0.463. The molecular weight excluding hydrogens is 238 g/mol. The van der Waals surface area contributed by atoms with Crippen LogP contribution >= 0.6 is 0 Å². The number of nitrogens with two attached hydrogens (primary N) is 1. The van der Waals surface area contributed by atoms with Crippen LogP contribution in [0.15, 0.2) is 12.1 Å². The van der Waals surface area contributed by atoms with Gasteiger partial charge in [-0.2, -0.15) is 4.98 Å². The van der Waals surface area contributed by atoms with Crippen molar-refractivity contribution in [2.45, 2.75) is 34.6 Å². The van der Waals surface area contributed by atoms with Crippen molar-refractivity contribution >= 4 is 5.82 Å². The quantitative estimate of drug-likeness (QED) is 0.895. The number of rotatable bonds is 2. The molecule has 0 aliphatic carbocycles. The maximum absolute atomic E-state index is 5.96. The van der Waals surface area contributed by atoms with Crippen LogP contribution in [0.1, 0.15) is 28.1 Å². The summed E-state index contributed by atoms with van der Waals surface area (Å²) in [5, 5.41) is 0. The van der Waals surface area contributed by atoms with Gasteiger partial charge in [0.1, 0.15) is 17.4 Å². The fourth-order valence-electron chi connectivity index (χ4n) is 2.15. The number of aryl methyl sites for hydroxylation is 4. The Morgan fingerprint density at radius 1 is 0.947 bits per heavy atom. The van der Waals surface area contributed by atoms with E-state index in [0.29, 0.717) is 17.5 Å². The van der Waals surface area contributed by atoms with Crippen molar-refractivity contribution in [3.8, 4) is 11.6 Å². The summed E-state index contributed by atoms with van der Waals surface area (Å²) in [6.07, 6.45) is 0. The van der Waals surface area contributed by atoms with Crippen LogP contribution in [-0.4, -0.2) is 9.97 Å². The molecule has 0 atom stereocenters. The summed E-state index contributed by atoms with van der Waals surface area (Å²) < 4.78 is 5.96. The van der Waals surface area contributed by atoms with Gasteiger partial charge in [-0.05, 0) is 45.7 Å². The smallest absolute Gasteiger partial charge is 0.227 e. The Balaban J connectivity index is 2.48. The molecule has 0 bridgehead atoms. The summed E-state index contributed by atoms with van der Waals surface area (Å²) in [4.78, 5) is 8.44. The van der Waals surface area contributed by atoms with Crippen LogP contribution in [0.4, 0.5) is 5.82 Å². The Hall–Kier alpha value is -2.10. The van der Waals surface area contributed by atoms with Crippen molar-refractivity contribution in [3.05, 3.63) is 40.2 Å². The van der Waals surface area contributed by atoms with Crippen molar-refractivity contribution in [2.24, 2.45) is 0 Å². The molecule has 0 unspecified atom stereocenters. The van der Waals surface area contributed by atoms with Gasteiger partial charge < -0.3 is 10.5 Å².